The number of sulfonamides is 1. The molecule has 0 bridgehead atoms. The summed E-state index contributed by atoms with van der Waals surface area (Å²) in [5.41, 5.74) is 0. The molecule has 0 aromatic heterocycles. The van der Waals surface area contributed by atoms with E-state index in [0.717, 1.165) is 18.6 Å². The Balaban J connectivity index is 1.81. The van der Waals surface area contributed by atoms with Gasteiger partial charge in [-0.25, -0.2) is 8.42 Å². The number of phenolic OH excluding ortho intramolecular Hbond substituents is 1. The van der Waals surface area contributed by atoms with E-state index < -0.39 is 27.9 Å². The first-order chi connectivity index (χ1) is 17.5. The van der Waals surface area contributed by atoms with E-state index in [1.54, 1.807) is 37.1 Å². The predicted octanol–water partition coefficient (Wildman–Crippen LogP) is 4.58. The van der Waals surface area contributed by atoms with Gasteiger partial charge in [0.2, 0.25) is 15.9 Å². The molecule has 1 saturated heterocycles. The van der Waals surface area contributed by atoms with Gasteiger partial charge in [0.05, 0.1) is 35.7 Å². The highest BCUT2D eigenvalue weighted by Gasteiger charge is 2.42. The van der Waals surface area contributed by atoms with Crippen molar-refractivity contribution in [2.75, 3.05) is 33.9 Å². The van der Waals surface area contributed by atoms with Crippen molar-refractivity contribution in [2.45, 2.75) is 50.1 Å². The minimum absolute atomic E-state index is 0.175. The third-order valence-corrected chi connectivity index (χ3v) is 8.89. The van der Waals surface area contributed by atoms with Crippen LogP contribution in [0, 0.1) is 0 Å². The van der Waals surface area contributed by atoms with Crippen molar-refractivity contribution < 1.29 is 32.5 Å². The van der Waals surface area contributed by atoms with Crippen LogP contribution in [0.3, 0.4) is 0 Å². The number of halogens is 2. The molecule has 9 nitrogen and oxygen atoms in total. The molecule has 1 heterocycles. The van der Waals surface area contributed by atoms with E-state index in [1.807, 2.05) is 6.92 Å². The van der Waals surface area contributed by atoms with Crippen molar-refractivity contribution in [3.8, 4) is 23.0 Å². The monoisotopic (exact) mass is 574 g/mol. The molecule has 0 aliphatic carbocycles. The van der Waals surface area contributed by atoms with Crippen LogP contribution in [0.4, 0.5) is 0 Å². The van der Waals surface area contributed by atoms with Gasteiger partial charge in [0.15, 0.2) is 17.2 Å². The molecule has 2 aromatic carbocycles. The second kappa shape index (κ2) is 12.4. The lowest BCUT2D eigenvalue weighted by Gasteiger charge is -2.32. The quantitative estimate of drug-likeness (QED) is 0.442. The molecule has 2 unspecified atom stereocenters. The van der Waals surface area contributed by atoms with Crippen molar-refractivity contribution in [3.63, 3.8) is 0 Å². The minimum Gasteiger partial charge on any atom is -0.505 e. The van der Waals surface area contributed by atoms with E-state index in [1.165, 1.54) is 11.4 Å². The lowest BCUT2D eigenvalue weighted by Crippen LogP contribution is -2.50. The molecule has 3 rings (SSSR count). The van der Waals surface area contributed by atoms with E-state index in [9.17, 15) is 18.3 Å². The third kappa shape index (κ3) is 6.37. The number of aromatic hydroxyl groups is 1. The van der Waals surface area contributed by atoms with Gasteiger partial charge >= 0.3 is 0 Å². The van der Waals surface area contributed by atoms with Gasteiger partial charge in [0.25, 0.3) is 0 Å². The molecule has 1 fully saturated rings. The first-order valence-corrected chi connectivity index (χ1v) is 14.1. The molecule has 37 heavy (non-hydrogen) atoms. The predicted molar refractivity (Wildman–Crippen MR) is 142 cm³/mol. The van der Waals surface area contributed by atoms with Crippen LogP contribution < -0.4 is 14.2 Å². The van der Waals surface area contributed by atoms with Crippen LogP contribution >= 0.6 is 23.2 Å². The molecule has 2 aromatic rings. The molecular weight excluding hydrogens is 543 g/mol. The Morgan fingerprint density at radius 2 is 1.73 bits per heavy atom. The molecule has 0 spiro atoms. The van der Waals surface area contributed by atoms with Crippen LogP contribution in [0.5, 0.6) is 23.0 Å². The number of amides is 1. The number of ether oxygens (including phenoxy) is 3. The summed E-state index contributed by atoms with van der Waals surface area (Å²) in [6, 6.07) is 6.11. The molecule has 1 aliphatic rings. The fraction of sp³-hybridized carbons (Fsp3) is 0.480. The highest BCUT2D eigenvalue weighted by atomic mass is 35.5. The van der Waals surface area contributed by atoms with Crippen LogP contribution in [0.2, 0.25) is 10.0 Å². The number of carbonyl (C=O) groups is 1. The van der Waals surface area contributed by atoms with E-state index in [2.05, 4.69) is 0 Å². The topological polar surface area (TPSA) is 106 Å². The first kappa shape index (κ1) is 29.2. The Labute approximate surface area is 227 Å². The summed E-state index contributed by atoms with van der Waals surface area (Å²) in [6.07, 6.45) is 1.77. The first-order valence-electron chi connectivity index (χ1n) is 11.9. The molecule has 204 valence electrons. The zero-order chi connectivity index (χ0) is 27.3. The average molecular weight is 576 g/mol. The van der Waals surface area contributed by atoms with E-state index in [-0.39, 0.29) is 34.0 Å². The van der Waals surface area contributed by atoms with Gasteiger partial charge in [0.1, 0.15) is 18.4 Å². The zero-order valence-corrected chi connectivity index (χ0v) is 23.6. The Morgan fingerprint density at radius 3 is 2.32 bits per heavy atom. The SMILES string of the molecule is CCCC1CCN(CCOc2ccc(OC)c(OC)c2)C(=O)C(C)N1S(=O)(=O)c1cc(Cl)c(O)c(Cl)c1. The molecule has 0 radical (unpaired) electrons. The van der Waals surface area contributed by atoms with Crippen LogP contribution in [0.15, 0.2) is 35.2 Å². The molecule has 12 heteroatoms. The zero-order valence-electron chi connectivity index (χ0n) is 21.2. The maximum Gasteiger partial charge on any atom is 0.244 e. The fourth-order valence-electron chi connectivity index (χ4n) is 4.46. The van der Waals surface area contributed by atoms with Gasteiger partial charge in [-0.05, 0) is 44.0 Å². The second-order valence-corrected chi connectivity index (χ2v) is 11.3. The lowest BCUT2D eigenvalue weighted by molar-refractivity contribution is -0.134. The standard InChI is InChI=1S/C25H32Cl2N2O7S/c1-5-6-17-9-10-28(11-12-36-18-7-8-22(34-3)23(13-18)35-4)25(31)16(2)29(17)37(32,33)19-14-20(26)24(30)21(27)15-19/h7-8,13-17,30H,5-6,9-12H2,1-4H3. The maximum absolute atomic E-state index is 13.7. The fourth-order valence-corrected chi connectivity index (χ4v) is 6.96. The maximum atomic E-state index is 13.7. The number of hydrogen-bond donors (Lipinski definition) is 1. The molecule has 1 aliphatic heterocycles. The summed E-state index contributed by atoms with van der Waals surface area (Å²) < 4.78 is 45.1. The summed E-state index contributed by atoms with van der Waals surface area (Å²) >= 11 is 12.0. The van der Waals surface area contributed by atoms with Gasteiger partial charge in [-0.1, -0.05) is 36.5 Å². The molecular formula is C25H32Cl2N2O7S. The number of carbonyl (C=O) groups excluding carboxylic acids is 1. The highest BCUT2D eigenvalue weighted by Crippen LogP contribution is 2.37. The Hall–Kier alpha value is -2.40. The highest BCUT2D eigenvalue weighted by molar-refractivity contribution is 7.89. The number of nitrogens with zero attached hydrogens (tertiary/aromatic N) is 2. The second-order valence-electron chi connectivity index (χ2n) is 8.67. The molecule has 2 atom stereocenters. The van der Waals surface area contributed by atoms with Gasteiger partial charge in [-0.15, -0.1) is 0 Å². The summed E-state index contributed by atoms with van der Waals surface area (Å²) in [5, 5.41) is 9.52. The van der Waals surface area contributed by atoms with Crippen molar-refractivity contribution in [2.24, 2.45) is 0 Å². The van der Waals surface area contributed by atoms with E-state index >= 15 is 0 Å². The van der Waals surface area contributed by atoms with Crippen molar-refractivity contribution in [1.29, 1.82) is 0 Å². The average Bonchev–Trinajstić information content (AvgIpc) is 2.98. The summed E-state index contributed by atoms with van der Waals surface area (Å²) in [5.74, 6) is 0.937. The van der Waals surface area contributed by atoms with Crippen molar-refractivity contribution >= 4 is 39.1 Å². The Morgan fingerprint density at radius 1 is 1.08 bits per heavy atom. The number of benzene rings is 2. The van der Waals surface area contributed by atoms with Gasteiger partial charge in [-0.2, -0.15) is 4.31 Å². The number of rotatable bonds is 10. The normalized spacial score (nSPS) is 19.0. The largest absolute Gasteiger partial charge is 0.505 e. The number of hydrogen-bond acceptors (Lipinski definition) is 7. The minimum atomic E-state index is -4.15. The Kier molecular flexibility index (Phi) is 9.80. The number of phenols is 1. The van der Waals surface area contributed by atoms with Crippen LogP contribution in [0.1, 0.15) is 33.1 Å². The van der Waals surface area contributed by atoms with Gasteiger partial charge in [-0.3, -0.25) is 4.79 Å². The summed E-state index contributed by atoms with van der Waals surface area (Å²) in [7, 11) is -1.07. The van der Waals surface area contributed by atoms with Gasteiger partial charge < -0.3 is 24.2 Å². The van der Waals surface area contributed by atoms with Crippen molar-refractivity contribution in [3.05, 3.63) is 40.4 Å². The third-order valence-electron chi connectivity index (χ3n) is 6.32. The lowest BCUT2D eigenvalue weighted by atomic mass is 10.1. The van der Waals surface area contributed by atoms with E-state index in [0.29, 0.717) is 36.6 Å². The smallest absolute Gasteiger partial charge is 0.244 e. The molecule has 1 amide bonds. The molecule has 1 N–H and O–H groups in total. The van der Waals surface area contributed by atoms with Crippen LogP contribution in [-0.4, -0.2) is 74.6 Å². The Bertz CT molecular complexity index is 1200. The summed E-state index contributed by atoms with van der Waals surface area (Å²) in [6.45, 7) is 4.42. The molecule has 0 saturated carbocycles. The van der Waals surface area contributed by atoms with E-state index in [4.69, 9.17) is 37.4 Å². The van der Waals surface area contributed by atoms with Crippen LogP contribution in [0.25, 0.3) is 0 Å². The van der Waals surface area contributed by atoms with Crippen LogP contribution in [-0.2, 0) is 14.8 Å². The number of methoxy groups -OCH3 is 2. The van der Waals surface area contributed by atoms with Crippen molar-refractivity contribution in [1.82, 2.24) is 9.21 Å². The van der Waals surface area contributed by atoms with Gasteiger partial charge in [0, 0.05) is 18.7 Å². The summed E-state index contributed by atoms with van der Waals surface area (Å²) in [4.78, 5) is 14.9.